The minimum atomic E-state index is -0.242. The Morgan fingerprint density at radius 2 is 2.10 bits per heavy atom. The molecule has 1 aromatic carbocycles. The summed E-state index contributed by atoms with van der Waals surface area (Å²) < 4.78 is 13.0. The van der Waals surface area contributed by atoms with Gasteiger partial charge in [-0.3, -0.25) is 4.79 Å². The normalized spacial score (nSPS) is 10.2. The number of nitrogens with one attached hydrogen (secondary N) is 2. The summed E-state index contributed by atoms with van der Waals surface area (Å²) in [6.45, 7) is 2.35. The van der Waals surface area contributed by atoms with Crippen LogP contribution in [0.25, 0.3) is 0 Å². The van der Waals surface area contributed by atoms with E-state index in [1.54, 1.807) is 31.4 Å². The van der Waals surface area contributed by atoms with Gasteiger partial charge in [-0.05, 0) is 48.7 Å². The standard InChI is InChI=1S/C16H18FN3O/c1-11-9-13(17)4-3-12(11)7-8-19-16(21)15-6-5-14(18-2)10-20-15/h3-6,9-10,18H,7-8H2,1-2H3,(H,19,21). The van der Waals surface area contributed by atoms with Gasteiger partial charge >= 0.3 is 0 Å². The summed E-state index contributed by atoms with van der Waals surface area (Å²) in [7, 11) is 1.79. The van der Waals surface area contributed by atoms with Crippen LogP contribution >= 0.6 is 0 Å². The van der Waals surface area contributed by atoms with E-state index in [1.807, 2.05) is 6.92 Å². The van der Waals surface area contributed by atoms with Crippen LogP contribution in [0.3, 0.4) is 0 Å². The molecule has 1 aromatic heterocycles. The third kappa shape index (κ3) is 4.02. The van der Waals surface area contributed by atoms with E-state index in [4.69, 9.17) is 0 Å². The number of benzene rings is 1. The van der Waals surface area contributed by atoms with Crippen molar-refractivity contribution in [3.8, 4) is 0 Å². The molecule has 4 nitrogen and oxygen atoms in total. The zero-order valence-electron chi connectivity index (χ0n) is 12.1. The number of rotatable bonds is 5. The molecule has 0 saturated carbocycles. The topological polar surface area (TPSA) is 54.0 Å². The van der Waals surface area contributed by atoms with Crippen LogP contribution < -0.4 is 10.6 Å². The van der Waals surface area contributed by atoms with Gasteiger partial charge in [0.2, 0.25) is 0 Å². The van der Waals surface area contributed by atoms with Crippen molar-refractivity contribution in [3.63, 3.8) is 0 Å². The van der Waals surface area contributed by atoms with Crippen LogP contribution in [0.4, 0.5) is 10.1 Å². The van der Waals surface area contributed by atoms with Crippen molar-refractivity contribution in [2.45, 2.75) is 13.3 Å². The molecule has 21 heavy (non-hydrogen) atoms. The third-order valence-corrected chi connectivity index (χ3v) is 3.27. The van der Waals surface area contributed by atoms with Gasteiger partial charge in [-0.1, -0.05) is 6.07 Å². The first kappa shape index (κ1) is 15.0. The zero-order valence-corrected chi connectivity index (χ0v) is 12.1. The highest BCUT2D eigenvalue weighted by molar-refractivity contribution is 5.92. The average molecular weight is 287 g/mol. The molecule has 0 atom stereocenters. The molecule has 0 aliphatic rings. The minimum Gasteiger partial charge on any atom is -0.387 e. The molecule has 0 spiro atoms. The van der Waals surface area contributed by atoms with Gasteiger partial charge in [0.15, 0.2) is 0 Å². The summed E-state index contributed by atoms with van der Waals surface area (Å²) in [6, 6.07) is 8.14. The monoisotopic (exact) mass is 287 g/mol. The maximum absolute atomic E-state index is 13.0. The summed E-state index contributed by atoms with van der Waals surface area (Å²) in [5, 5.41) is 5.75. The van der Waals surface area contributed by atoms with Crippen LogP contribution in [-0.2, 0) is 6.42 Å². The number of carbonyl (C=O) groups is 1. The maximum atomic E-state index is 13.0. The van der Waals surface area contributed by atoms with E-state index >= 15 is 0 Å². The summed E-state index contributed by atoms with van der Waals surface area (Å²) in [6.07, 6.45) is 2.27. The van der Waals surface area contributed by atoms with Crippen molar-refractivity contribution in [3.05, 3.63) is 59.2 Å². The second kappa shape index (κ2) is 6.83. The molecule has 5 heteroatoms. The van der Waals surface area contributed by atoms with E-state index in [9.17, 15) is 9.18 Å². The van der Waals surface area contributed by atoms with Crippen LogP contribution in [0.15, 0.2) is 36.5 Å². The van der Waals surface area contributed by atoms with E-state index < -0.39 is 0 Å². The highest BCUT2D eigenvalue weighted by Crippen LogP contribution is 2.10. The predicted octanol–water partition coefficient (Wildman–Crippen LogP) is 2.54. The molecule has 1 heterocycles. The van der Waals surface area contributed by atoms with Gasteiger partial charge in [0, 0.05) is 13.6 Å². The number of amides is 1. The summed E-state index contributed by atoms with van der Waals surface area (Å²) >= 11 is 0. The van der Waals surface area contributed by atoms with Crippen molar-refractivity contribution >= 4 is 11.6 Å². The van der Waals surface area contributed by atoms with Crippen LogP contribution in [0.2, 0.25) is 0 Å². The number of hydrogen-bond acceptors (Lipinski definition) is 3. The maximum Gasteiger partial charge on any atom is 0.269 e. The average Bonchev–Trinajstić information content (AvgIpc) is 2.49. The second-order valence-corrected chi connectivity index (χ2v) is 4.76. The van der Waals surface area contributed by atoms with Crippen LogP contribution in [-0.4, -0.2) is 24.5 Å². The fourth-order valence-electron chi connectivity index (χ4n) is 2.02. The number of anilines is 1. The molecular weight excluding hydrogens is 269 g/mol. The van der Waals surface area contributed by atoms with Gasteiger partial charge < -0.3 is 10.6 Å². The smallest absolute Gasteiger partial charge is 0.269 e. The van der Waals surface area contributed by atoms with Crippen molar-refractivity contribution in [1.29, 1.82) is 0 Å². The molecule has 0 aliphatic carbocycles. The second-order valence-electron chi connectivity index (χ2n) is 4.76. The van der Waals surface area contributed by atoms with Crippen LogP contribution in [0, 0.1) is 12.7 Å². The molecule has 0 bridgehead atoms. The molecule has 0 aliphatic heterocycles. The quantitative estimate of drug-likeness (QED) is 0.888. The molecule has 1 amide bonds. The molecule has 0 radical (unpaired) electrons. The summed E-state index contributed by atoms with van der Waals surface area (Å²) in [4.78, 5) is 16.0. The highest BCUT2D eigenvalue weighted by Gasteiger charge is 2.07. The largest absolute Gasteiger partial charge is 0.387 e. The first-order valence-electron chi connectivity index (χ1n) is 6.77. The lowest BCUT2D eigenvalue weighted by Gasteiger charge is -2.08. The van der Waals surface area contributed by atoms with Gasteiger partial charge in [0.25, 0.3) is 5.91 Å². The van der Waals surface area contributed by atoms with Gasteiger partial charge in [-0.15, -0.1) is 0 Å². The Morgan fingerprint density at radius 1 is 1.29 bits per heavy atom. The van der Waals surface area contributed by atoms with Crippen LogP contribution in [0.1, 0.15) is 21.6 Å². The number of halogens is 1. The fraction of sp³-hybridized carbons (Fsp3) is 0.250. The van der Waals surface area contributed by atoms with Crippen molar-refractivity contribution in [1.82, 2.24) is 10.3 Å². The van der Waals surface area contributed by atoms with Crippen molar-refractivity contribution in [2.24, 2.45) is 0 Å². The molecule has 110 valence electrons. The Morgan fingerprint density at radius 3 is 2.71 bits per heavy atom. The van der Waals surface area contributed by atoms with Gasteiger partial charge in [0.05, 0.1) is 11.9 Å². The lowest BCUT2D eigenvalue weighted by atomic mass is 10.1. The van der Waals surface area contributed by atoms with Crippen LogP contribution in [0.5, 0.6) is 0 Å². The number of aryl methyl sites for hydroxylation is 1. The Balaban J connectivity index is 1.88. The van der Waals surface area contributed by atoms with E-state index in [2.05, 4.69) is 15.6 Å². The van der Waals surface area contributed by atoms with Crippen molar-refractivity contribution in [2.75, 3.05) is 18.9 Å². The molecule has 0 saturated heterocycles. The molecular formula is C16H18FN3O. The first-order valence-corrected chi connectivity index (χ1v) is 6.77. The highest BCUT2D eigenvalue weighted by atomic mass is 19.1. The number of pyridine rings is 1. The lowest BCUT2D eigenvalue weighted by Crippen LogP contribution is -2.26. The van der Waals surface area contributed by atoms with Gasteiger partial charge in [-0.25, -0.2) is 9.37 Å². The summed E-state index contributed by atoms with van der Waals surface area (Å²) in [5.74, 6) is -0.452. The number of hydrogen-bond donors (Lipinski definition) is 2. The summed E-state index contributed by atoms with van der Waals surface area (Å²) in [5.41, 5.74) is 3.15. The lowest BCUT2D eigenvalue weighted by molar-refractivity contribution is 0.0949. The van der Waals surface area contributed by atoms with Crippen molar-refractivity contribution < 1.29 is 9.18 Å². The Kier molecular flexibility index (Phi) is 4.87. The Bertz CT molecular complexity index is 626. The zero-order chi connectivity index (χ0) is 15.2. The SMILES string of the molecule is CNc1ccc(C(=O)NCCc2ccc(F)cc2C)nc1. The number of carbonyl (C=O) groups excluding carboxylic acids is 1. The molecule has 0 fully saturated rings. The minimum absolute atomic E-state index is 0.211. The Labute approximate surface area is 123 Å². The van der Waals surface area contributed by atoms with E-state index in [-0.39, 0.29) is 11.7 Å². The van der Waals surface area contributed by atoms with Gasteiger partial charge in [0.1, 0.15) is 11.5 Å². The number of nitrogens with zero attached hydrogens (tertiary/aromatic N) is 1. The Hall–Kier alpha value is -2.43. The third-order valence-electron chi connectivity index (χ3n) is 3.27. The molecule has 0 unspecified atom stereocenters. The molecule has 2 N–H and O–H groups in total. The fourth-order valence-corrected chi connectivity index (χ4v) is 2.02. The number of aromatic nitrogens is 1. The first-order chi connectivity index (χ1) is 10.1. The van der Waals surface area contributed by atoms with Gasteiger partial charge in [-0.2, -0.15) is 0 Å². The predicted molar refractivity (Wildman–Crippen MR) is 81.0 cm³/mol. The van der Waals surface area contributed by atoms with E-state index in [0.717, 1.165) is 16.8 Å². The van der Waals surface area contributed by atoms with E-state index in [0.29, 0.717) is 18.7 Å². The van der Waals surface area contributed by atoms with E-state index in [1.165, 1.54) is 12.1 Å². The molecule has 2 aromatic rings. The molecule has 2 rings (SSSR count).